The maximum Gasteiger partial charge on any atom is 0.0613 e. The average molecular weight is 252 g/mol. The summed E-state index contributed by atoms with van der Waals surface area (Å²) in [6.07, 6.45) is 2.23. The molecule has 1 aliphatic rings. The molecule has 1 fully saturated rings. The number of ether oxygens (including phenoxy) is 1. The van der Waals surface area contributed by atoms with Crippen molar-refractivity contribution < 1.29 is 9.26 Å². The summed E-state index contributed by atoms with van der Waals surface area (Å²) in [4.78, 5) is 0. The van der Waals surface area contributed by atoms with Crippen LogP contribution in [0.3, 0.4) is 0 Å². The van der Waals surface area contributed by atoms with Crippen molar-refractivity contribution in [1.82, 2.24) is 0 Å². The maximum atomic E-state index is 6.16. The van der Waals surface area contributed by atoms with Gasteiger partial charge < -0.3 is 9.26 Å². The number of hydrogen-bond donors (Lipinski definition) is 0. The van der Waals surface area contributed by atoms with Crippen LogP contribution >= 0.6 is 8.15 Å². The van der Waals surface area contributed by atoms with E-state index in [1.54, 1.807) is 0 Å². The van der Waals surface area contributed by atoms with Gasteiger partial charge >= 0.3 is 0 Å². The van der Waals surface area contributed by atoms with Crippen LogP contribution in [0.1, 0.15) is 20.3 Å². The molecule has 0 saturated carbocycles. The van der Waals surface area contributed by atoms with Crippen molar-refractivity contribution in [2.75, 3.05) is 26.0 Å². The van der Waals surface area contributed by atoms with E-state index in [4.69, 9.17) is 9.26 Å². The fraction of sp³-hybridized carbons (Fsp3) is 0.571. The summed E-state index contributed by atoms with van der Waals surface area (Å²) in [6.45, 7) is 7.01. The molecule has 94 valence electrons. The molecule has 17 heavy (non-hydrogen) atoms. The summed E-state index contributed by atoms with van der Waals surface area (Å²) >= 11 is 0. The lowest BCUT2D eigenvalue weighted by molar-refractivity contribution is -0.132. The monoisotopic (exact) mass is 252 g/mol. The SMILES string of the molecule is CCP(OCC1(CC)COC1)c1ccccc1. The molecule has 1 aromatic rings. The van der Waals surface area contributed by atoms with Crippen LogP contribution in [-0.4, -0.2) is 26.0 Å². The third-order valence-electron chi connectivity index (χ3n) is 3.42. The summed E-state index contributed by atoms with van der Waals surface area (Å²) < 4.78 is 11.5. The molecule has 2 nitrogen and oxygen atoms in total. The minimum atomic E-state index is -0.451. The van der Waals surface area contributed by atoms with Crippen LogP contribution in [0.15, 0.2) is 30.3 Å². The zero-order valence-corrected chi connectivity index (χ0v) is 11.6. The second-order valence-electron chi connectivity index (χ2n) is 4.65. The van der Waals surface area contributed by atoms with E-state index >= 15 is 0 Å². The Hall–Kier alpha value is -0.430. The van der Waals surface area contributed by atoms with Gasteiger partial charge in [0, 0.05) is 10.7 Å². The first kappa shape index (κ1) is 13.0. The minimum Gasteiger partial charge on any atom is -0.380 e. The third kappa shape index (κ3) is 3.07. The van der Waals surface area contributed by atoms with Gasteiger partial charge in [-0.15, -0.1) is 0 Å². The topological polar surface area (TPSA) is 18.5 Å². The summed E-state index contributed by atoms with van der Waals surface area (Å²) in [6, 6.07) is 10.6. The maximum absolute atomic E-state index is 6.16. The van der Waals surface area contributed by atoms with E-state index in [9.17, 15) is 0 Å². The molecule has 0 aliphatic carbocycles. The zero-order chi connectivity index (χ0) is 12.1. The molecule has 1 aliphatic heterocycles. The van der Waals surface area contributed by atoms with Gasteiger partial charge in [0.15, 0.2) is 0 Å². The van der Waals surface area contributed by atoms with Crippen molar-refractivity contribution in [3.05, 3.63) is 30.3 Å². The average Bonchev–Trinajstić information content (AvgIpc) is 2.34. The second-order valence-corrected chi connectivity index (χ2v) is 6.81. The first-order valence-corrected chi connectivity index (χ1v) is 7.77. The highest BCUT2D eigenvalue weighted by molar-refractivity contribution is 7.60. The van der Waals surface area contributed by atoms with Crippen LogP contribution < -0.4 is 5.30 Å². The molecule has 0 aromatic heterocycles. The van der Waals surface area contributed by atoms with Crippen LogP contribution in [0, 0.1) is 5.41 Å². The van der Waals surface area contributed by atoms with E-state index in [0.717, 1.165) is 32.4 Å². The van der Waals surface area contributed by atoms with Gasteiger partial charge in [0.25, 0.3) is 0 Å². The fourth-order valence-electron chi connectivity index (χ4n) is 1.94. The molecule has 0 N–H and O–H groups in total. The summed E-state index contributed by atoms with van der Waals surface area (Å²) in [5.74, 6) is 0. The fourth-order valence-corrected chi connectivity index (χ4v) is 3.57. The van der Waals surface area contributed by atoms with E-state index in [0.29, 0.717) is 5.41 Å². The molecular weight excluding hydrogens is 231 g/mol. The van der Waals surface area contributed by atoms with Crippen molar-refractivity contribution in [2.45, 2.75) is 20.3 Å². The predicted octanol–water partition coefficient (Wildman–Crippen LogP) is 3.17. The van der Waals surface area contributed by atoms with E-state index in [-0.39, 0.29) is 0 Å². The molecule has 0 amide bonds. The van der Waals surface area contributed by atoms with Gasteiger partial charge in [-0.3, -0.25) is 0 Å². The van der Waals surface area contributed by atoms with Crippen LogP contribution in [0.25, 0.3) is 0 Å². The van der Waals surface area contributed by atoms with Crippen molar-refractivity contribution in [3.63, 3.8) is 0 Å². The normalized spacial score (nSPS) is 19.6. The Morgan fingerprint density at radius 2 is 1.94 bits per heavy atom. The first-order chi connectivity index (χ1) is 8.29. The van der Waals surface area contributed by atoms with Gasteiger partial charge in [0.1, 0.15) is 0 Å². The molecule has 2 rings (SSSR count). The van der Waals surface area contributed by atoms with Crippen LogP contribution in [0.4, 0.5) is 0 Å². The van der Waals surface area contributed by atoms with Crippen LogP contribution in [0.5, 0.6) is 0 Å². The summed E-state index contributed by atoms with van der Waals surface area (Å²) in [5.41, 5.74) is 0.296. The van der Waals surface area contributed by atoms with Crippen molar-refractivity contribution >= 4 is 13.5 Å². The van der Waals surface area contributed by atoms with Crippen LogP contribution in [-0.2, 0) is 9.26 Å². The number of benzene rings is 1. The number of rotatable bonds is 6. The second kappa shape index (κ2) is 5.95. The Bertz CT molecular complexity index is 330. The number of hydrogen-bond acceptors (Lipinski definition) is 2. The Morgan fingerprint density at radius 3 is 2.41 bits per heavy atom. The standard InChI is InChI=1S/C14H21O2P/c1-3-14(10-15-11-14)12-16-17(4-2)13-8-6-5-7-9-13/h5-9H,3-4,10-12H2,1-2H3. The van der Waals surface area contributed by atoms with Gasteiger partial charge in [-0.2, -0.15) is 0 Å². The quantitative estimate of drug-likeness (QED) is 0.724. The summed E-state index contributed by atoms with van der Waals surface area (Å²) in [5, 5.41) is 1.34. The zero-order valence-electron chi connectivity index (χ0n) is 10.7. The van der Waals surface area contributed by atoms with Crippen molar-refractivity contribution in [3.8, 4) is 0 Å². The molecule has 0 spiro atoms. The van der Waals surface area contributed by atoms with E-state index in [1.165, 1.54) is 5.30 Å². The molecule has 0 radical (unpaired) electrons. The Morgan fingerprint density at radius 1 is 1.24 bits per heavy atom. The molecule has 1 heterocycles. The highest BCUT2D eigenvalue weighted by atomic mass is 31.1. The Balaban J connectivity index is 1.92. The van der Waals surface area contributed by atoms with E-state index in [2.05, 4.69) is 44.2 Å². The Kier molecular flexibility index (Phi) is 4.55. The molecular formula is C14H21O2P. The van der Waals surface area contributed by atoms with Gasteiger partial charge in [0.05, 0.1) is 28.0 Å². The lowest BCUT2D eigenvalue weighted by atomic mass is 9.84. The van der Waals surface area contributed by atoms with Gasteiger partial charge in [-0.25, -0.2) is 0 Å². The first-order valence-electron chi connectivity index (χ1n) is 6.33. The van der Waals surface area contributed by atoms with Crippen molar-refractivity contribution in [1.29, 1.82) is 0 Å². The Labute approximate surface area is 105 Å². The highest BCUT2D eigenvalue weighted by Crippen LogP contribution is 2.40. The molecule has 1 atom stereocenters. The molecule has 0 bridgehead atoms. The minimum absolute atomic E-state index is 0.296. The highest BCUT2D eigenvalue weighted by Gasteiger charge is 2.37. The largest absolute Gasteiger partial charge is 0.380 e. The van der Waals surface area contributed by atoms with Crippen LogP contribution in [0.2, 0.25) is 0 Å². The molecule has 1 saturated heterocycles. The summed E-state index contributed by atoms with van der Waals surface area (Å²) in [7, 11) is -0.451. The van der Waals surface area contributed by atoms with E-state index in [1.807, 2.05) is 0 Å². The molecule has 3 heteroatoms. The molecule has 1 aromatic carbocycles. The van der Waals surface area contributed by atoms with Gasteiger partial charge in [-0.05, 0) is 12.6 Å². The lowest BCUT2D eigenvalue weighted by Crippen LogP contribution is -2.45. The lowest BCUT2D eigenvalue weighted by Gasteiger charge is -2.41. The van der Waals surface area contributed by atoms with Gasteiger partial charge in [-0.1, -0.05) is 44.2 Å². The van der Waals surface area contributed by atoms with Gasteiger partial charge in [0.2, 0.25) is 0 Å². The third-order valence-corrected chi connectivity index (χ3v) is 5.31. The smallest absolute Gasteiger partial charge is 0.0613 e. The molecule has 1 unspecified atom stereocenters. The predicted molar refractivity (Wildman–Crippen MR) is 73.0 cm³/mol. The van der Waals surface area contributed by atoms with E-state index < -0.39 is 8.15 Å². The van der Waals surface area contributed by atoms with Crippen molar-refractivity contribution in [2.24, 2.45) is 5.41 Å².